The summed E-state index contributed by atoms with van der Waals surface area (Å²) in [6.45, 7) is 0.908. The lowest BCUT2D eigenvalue weighted by Crippen LogP contribution is -2.23. The van der Waals surface area contributed by atoms with Crippen molar-refractivity contribution >= 4 is 46.7 Å². The average Bonchev–Trinajstić information content (AvgIpc) is 3.03. The van der Waals surface area contributed by atoms with Crippen molar-refractivity contribution in [1.29, 1.82) is 0 Å². The second-order valence-corrected chi connectivity index (χ2v) is 7.02. The van der Waals surface area contributed by atoms with Gasteiger partial charge in [-0.1, -0.05) is 17.7 Å². The third-order valence-electron chi connectivity index (χ3n) is 3.61. The van der Waals surface area contributed by atoms with E-state index in [1.807, 2.05) is 30.3 Å². The molecule has 7 heteroatoms. The number of amides is 2. The summed E-state index contributed by atoms with van der Waals surface area (Å²) in [5.41, 5.74) is 1.38. The van der Waals surface area contributed by atoms with Crippen molar-refractivity contribution in [3.63, 3.8) is 0 Å². The van der Waals surface area contributed by atoms with Crippen molar-refractivity contribution in [1.82, 2.24) is 0 Å². The molecule has 0 radical (unpaired) electrons. The number of ether oxygens (including phenoxy) is 1. The van der Waals surface area contributed by atoms with Crippen molar-refractivity contribution in [3.8, 4) is 0 Å². The number of carbonyl (C=O) groups excluding carboxylic acids is 2. The highest BCUT2D eigenvalue weighted by Crippen LogP contribution is 2.23. The highest BCUT2D eigenvalue weighted by atomic mass is 35.5. The maximum atomic E-state index is 12.1. The molecule has 1 aliphatic rings. The van der Waals surface area contributed by atoms with Gasteiger partial charge in [-0.15, -0.1) is 11.8 Å². The first-order chi connectivity index (χ1) is 12.1. The standard InChI is InChI=1S/C18H17ClN2O3S/c19-13-4-6-16(7-5-13)25-11-8-17(22)20-14-2-1-3-15(12-14)21-9-10-24-18(21)23/h1-7,12H,8-11H2,(H,20,22). The SMILES string of the molecule is O=C(CCSc1ccc(Cl)cc1)Nc1cccc(N2CCOC2=O)c1. The third-order valence-corrected chi connectivity index (χ3v) is 4.88. The third kappa shape index (κ3) is 4.90. The lowest BCUT2D eigenvalue weighted by atomic mass is 10.2. The summed E-state index contributed by atoms with van der Waals surface area (Å²) in [5, 5.41) is 3.56. The molecule has 1 saturated heterocycles. The first kappa shape index (κ1) is 17.6. The van der Waals surface area contributed by atoms with Gasteiger partial charge in [-0.05, 0) is 42.5 Å². The average molecular weight is 377 g/mol. The molecule has 0 spiro atoms. The van der Waals surface area contributed by atoms with Crippen LogP contribution in [0.3, 0.4) is 0 Å². The van der Waals surface area contributed by atoms with Gasteiger partial charge in [0.25, 0.3) is 0 Å². The summed E-state index contributed by atoms with van der Waals surface area (Å²) in [5.74, 6) is 0.605. The molecular weight excluding hydrogens is 360 g/mol. The summed E-state index contributed by atoms with van der Waals surface area (Å²) < 4.78 is 4.93. The number of nitrogens with one attached hydrogen (secondary N) is 1. The molecule has 0 aliphatic carbocycles. The summed E-state index contributed by atoms with van der Waals surface area (Å²) >= 11 is 7.45. The summed E-state index contributed by atoms with van der Waals surface area (Å²) in [6.07, 6.45) is 0.0337. The van der Waals surface area contributed by atoms with Gasteiger partial charge in [-0.3, -0.25) is 9.69 Å². The maximum Gasteiger partial charge on any atom is 0.414 e. The molecule has 1 N–H and O–H groups in total. The lowest BCUT2D eigenvalue weighted by molar-refractivity contribution is -0.115. The van der Waals surface area contributed by atoms with Gasteiger partial charge in [0, 0.05) is 33.5 Å². The minimum Gasteiger partial charge on any atom is -0.447 e. The number of thioether (sulfide) groups is 1. The minimum absolute atomic E-state index is 0.0670. The lowest BCUT2D eigenvalue weighted by Gasteiger charge is -2.14. The van der Waals surface area contributed by atoms with Crippen LogP contribution >= 0.6 is 23.4 Å². The van der Waals surface area contributed by atoms with Crippen LogP contribution in [0.2, 0.25) is 5.02 Å². The molecule has 0 bridgehead atoms. The molecule has 0 unspecified atom stereocenters. The van der Waals surface area contributed by atoms with Crippen molar-refractivity contribution in [2.24, 2.45) is 0 Å². The molecule has 130 valence electrons. The van der Waals surface area contributed by atoms with Gasteiger partial charge in [-0.2, -0.15) is 0 Å². The number of carbonyl (C=O) groups is 2. The molecule has 2 amide bonds. The Morgan fingerprint density at radius 3 is 2.76 bits per heavy atom. The molecule has 1 heterocycles. The van der Waals surface area contributed by atoms with Gasteiger partial charge in [-0.25, -0.2) is 4.79 Å². The van der Waals surface area contributed by atoms with Crippen molar-refractivity contribution in [2.75, 3.05) is 29.1 Å². The van der Waals surface area contributed by atoms with E-state index in [9.17, 15) is 9.59 Å². The van der Waals surface area contributed by atoms with Crippen LogP contribution in [-0.2, 0) is 9.53 Å². The van der Waals surface area contributed by atoms with E-state index in [0.29, 0.717) is 36.0 Å². The zero-order valence-electron chi connectivity index (χ0n) is 13.4. The molecule has 1 aliphatic heterocycles. The maximum absolute atomic E-state index is 12.1. The van der Waals surface area contributed by atoms with Crippen LogP contribution in [0, 0.1) is 0 Å². The molecule has 2 aromatic rings. The van der Waals surface area contributed by atoms with Gasteiger partial charge in [0.15, 0.2) is 0 Å². The van der Waals surface area contributed by atoms with Gasteiger partial charge in [0.2, 0.25) is 5.91 Å². The van der Waals surface area contributed by atoms with Crippen molar-refractivity contribution in [2.45, 2.75) is 11.3 Å². The van der Waals surface area contributed by atoms with Crippen LogP contribution in [0.1, 0.15) is 6.42 Å². The van der Waals surface area contributed by atoms with Crippen LogP contribution in [0.25, 0.3) is 0 Å². The Hall–Kier alpha value is -2.18. The Morgan fingerprint density at radius 1 is 1.24 bits per heavy atom. The fourth-order valence-corrected chi connectivity index (χ4v) is 3.37. The van der Waals surface area contributed by atoms with Crippen LogP contribution in [0.4, 0.5) is 16.2 Å². The number of hydrogen-bond acceptors (Lipinski definition) is 4. The Kier molecular flexibility index (Phi) is 5.83. The van der Waals surface area contributed by atoms with Gasteiger partial charge < -0.3 is 10.1 Å². The van der Waals surface area contributed by atoms with Gasteiger partial charge in [0.1, 0.15) is 6.61 Å². The van der Waals surface area contributed by atoms with E-state index in [1.165, 1.54) is 0 Å². The number of rotatable bonds is 6. The minimum atomic E-state index is -0.358. The largest absolute Gasteiger partial charge is 0.447 e. The van der Waals surface area contributed by atoms with E-state index in [4.69, 9.17) is 16.3 Å². The first-order valence-electron chi connectivity index (χ1n) is 7.84. The molecule has 0 saturated carbocycles. The number of halogens is 1. The van der Waals surface area contributed by atoms with Crippen molar-refractivity contribution in [3.05, 3.63) is 53.6 Å². The van der Waals surface area contributed by atoms with E-state index >= 15 is 0 Å². The molecule has 1 fully saturated rings. The number of anilines is 2. The summed E-state index contributed by atoms with van der Waals surface area (Å²) in [4.78, 5) is 26.3. The zero-order chi connectivity index (χ0) is 17.6. The van der Waals surface area contributed by atoms with Crippen LogP contribution in [0.15, 0.2) is 53.4 Å². The van der Waals surface area contributed by atoms with Gasteiger partial charge >= 0.3 is 6.09 Å². The van der Waals surface area contributed by atoms with E-state index in [2.05, 4.69) is 5.32 Å². The molecular formula is C18H17ClN2O3S. The smallest absolute Gasteiger partial charge is 0.414 e. The first-order valence-corrected chi connectivity index (χ1v) is 9.21. The molecule has 3 rings (SSSR count). The topological polar surface area (TPSA) is 58.6 Å². The monoisotopic (exact) mass is 376 g/mol. The number of benzene rings is 2. The Morgan fingerprint density at radius 2 is 2.04 bits per heavy atom. The van der Waals surface area contributed by atoms with E-state index in [-0.39, 0.29) is 12.0 Å². The van der Waals surface area contributed by atoms with Crippen LogP contribution in [-0.4, -0.2) is 30.9 Å². The Balaban J connectivity index is 1.50. The molecule has 5 nitrogen and oxygen atoms in total. The second-order valence-electron chi connectivity index (χ2n) is 5.42. The van der Waals surface area contributed by atoms with Crippen LogP contribution in [0.5, 0.6) is 0 Å². The molecule has 25 heavy (non-hydrogen) atoms. The number of nitrogens with zero attached hydrogens (tertiary/aromatic N) is 1. The normalized spacial score (nSPS) is 13.6. The molecule has 0 atom stereocenters. The number of hydrogen-bond donors (Lipinski definition) is 1. The fourth-order valence-electron chi connectivity index (χ4n) is 2.40. The second kappa shape index (κ2) is 8.27. The molecule has 2 aromatic carbocycles. The van der Waals surface area contributed by atoms with E-state index in [1.54, 1.807) is 34.9 Å². The van der Waals surface area contributed by atoms with Crippen LogP contribution < -0.4 is 10.2 Å². The highest BCUT2D eigenvalue weighted by Gasteiger charge is 2.23. The fraction of sp³-hybridized carbons (Fsp3) is 0.222. The quantitative estimate of drug-likeness (QED) is 0.758. The Bertz CT molecular complexity index is 767. The zero-order valence-corrected chi connectivity index (χ0v) is 15.0. The van der Waals surface area contributed by atoms with E-state index in [0.717, 1.165) is 10.6 Å². The summed E-state index contributed by atoms with van der Waals surface area (Å²) in [7, 11) is 0. The predicted octanol–water partition coefficient (Wildman–Crippen LogP) is 4.42. The number of cyclic esters (lactones) is 1. The van der Waals surface area contributed by atoms with Gasteiger partial charge in [0.05, 0.1) is 6.54 Å². The highest BCUT2D eigenvalue weighted by molar-refractivity contribution is 7.99. The Labute approximate surface area is 155 Å². The van der Waals surface area contributed by atoms with E-state index < -0.39 is 0 Å². The molecule has 0 aromatic heterocycles. The predicted molar refractivity (Wildman–Crippen MR) is 101 cm³/mol. The van der Waals surface area contributed by atoms with Crippen molar-refractivity contribution < 1.29 is 14.3 Å². The summed E-state index contributed by atoms with van der Waals surface area (Å²) in [6, 6.07) is 14.7.